The zero-order valence-corrected chi connectivity index (χ0v) is 12.7. The van der Waals surface area contributed by atoms with Gasteiger partial charge < -0.3 is 0 Å². The Morgan fingerprint density at radius 2 is 1.63 bits per heavy atom. The van der Waals surface area contributed by atoms with E-state index in [9.17, 15) is 14.4 Å². The second-order valence-corrected chi connectivity index (χ2v) is 5.04. The summed E-state index contributed by atoms with van der Waals surface area (Å²) in [6, 6.07) is 0. The molecule has 5 nitrogen and oxygen atoms in total. The fraction of sp³-hybridized carbons (Fsp3) is 0.750. The fourth-order valence-corrected chi connectivity index (χ4v) is 2.04. The van der Waals surface area contributed by atoms with Crippen LogP contribution in [-0.4, -0.2) is 29.0 Å². The van der Waals surface area contributed by atoms with Gasteiger partial charge in [0.25, 0.3) is 0 Å². The van der Waals surface area contributed by atoms with Gasteiger partial charge in [0.1, 0.15) is 11.6 Å². The summed E-state index contributed by atoms with van der Waals surface area (Å²) >= 11 is 7.79. The lowest BCUT2D eigenvalue weighted by Crippen LogP contribution is -2.37. The van der Waals surface area contributed by atoms with Gasteiger partial charge in [0, 0.05) is 30.3 Å². The third-order valence-electron chi connectivity index (χ3n) is 2.85. The number of amides is 1. The standard InChI is InChI=1S/C12H22N2O3S2/c13-14-12(17)9(6-11(16)8-19)4-2-1-3-5-10(15)7-18/h9,18-19H,1-8,13H2,(H,14,17). The molecule has 0 aromatic rings. The van der Waals surface area contributed by atoms with Crippen molar-refractivity contribution in [1.82, 2.24) is 5.43 Å². The minimum atomic E-state index is -0.398. The van der Waals surface area contributed by atoms with Crippen LogP contribution in [0.5, 0.6) is 0 Å². The maximum Gasteiger partial charge on any atom is 0.237 e. The monoisotopic (exact) mass is 306 g/mol. The Morgan fingerprint density at radius 3 is 2.16 bits per heavy atom. The SMILES string of the molecule is NNC(=O)C(CCCCCC(=O)CS)CC(=O)CS. The molecule has 19 heavy (non-hydrogen) atoms. The molecule has 1 atom stereocenters. The Balaban J connectivity index is 3.96. The highest BCUT2D eigenvalue weighted by atomic mass is 32.1. The Morgan fingerprint density at radius 1 is 1.00 bits per heavy atom. The second kappa shape index (κ2) is 11.3. The smallest absolute Gasteiger partial charge is 0.237 e. The molecule has 0 aliphatic rings. The predicted octanol–water partition coefficient (Wildman–Crippen LogP) is 0.931. The summed E-state index contributed by atoms with van der Waals surface area (Å²) < 4.78 is 0. The van der Waals surface area contributed by atoms with E-state index in [2.05, 4.69) is 30.7 Å². The van der Waals surface area contributed by atoms with Crippen molar-refractivity contribution in [2.24, 2.45) is 11.8 Å². The molecule has 0 heterocycles. The summed E-state index contributed by atoms with van der Waals surface area (Å²) in [6.45, 7) is 0. The number of hydrazine groups is 1. The Hall–Kier alpha value is -0.530. The van der Waals surface area contributed by atoms with Crippen LogP contribution in [0, 0.1) is 5.92 Å². The number of nitrogens with two attached hydrogens (primary N) is 1. The van der Waals surface area contributed by atoms with Gasteiger partial charge in [-0.25, -0.2) is 5.84 Å². The van der Waals surface area contributed by atoms with Crippen molar-refractivity contribution >= 4 is 42.7 Å². The van der Waals surface area contributed by atoms with E-state index in [1.54, 1.807) is 0 Å². The molecule has 3 N–H and O–H groups in total. The topological polar surface area (TPSA) is 89.3 Å². The van der Waals surface area contributed by atoms with Gasteiger partial charge in [-0.2, -0.15) is 25.3 Å². The first-order valence-electron chi connectivity index (χ1n) is 6.30. The van der Waals surface area contributed by atoms with E-state index in [1.165, 1.54) is 0 Å². The summed E-state index contributed by atoms with van der Waals surface area (Å²) in [5, 5.41) is 0. The van der Waals surface area contributed by atoms with Gasteiger partial charge in [-0.05, 0) is 12.8 Å². The maximum atomic E-state index is 11.5. The van der Waals surface area contributed by atoms with E-state index in [-0.39, 0.29) is 35.4 Å². The highest BCUT2D eigenvalue weighted by molar-refractivity contribution is 7.81. The fourth-order valence-electron chi connectivity index (χ4n) is 1.75. The van der Waals surface area contributed by atoms with Gasteiger partial charge in [-0.1, -0.05) is 12.8 Å². The van der Waals surface area contributed by atoms with Crippen LogP contribution >= 0.6 is 25.3 Å². The van der Waals surface area contributed by atoms with Crippen molar-refractivity contribution in [2.45, 2.75) is 38.5 Å². The van der Waals surface area contributed by atoms with Gasteiger partial charge in [0.05, 0.1) is 0 Å². The van der Waals surface area contributed by atoms with E-state index in [0.717, 1.165) is 19.3 Å². The largest absolute Gasteiger partial charge is 0.299 e. The van der Waals surface area contributed by atoms with Crippen LogP contribution in [0.4, 0.5) is 0 Å². The molecule has 0 rings (SSSR count). The molecule has 0 aromatic carbocycles. The molecule has 0 aromatic heterocycles. The summed E-state index contributed by atoms with van der Waals surface area (Å²) in [4.78, 5) is 33.9. The number of Topliss-reactive ketones (excluding diaryl/α,β-unsaturated/α-hetero) is 2. The van der Waals surface area contributed by atoms with E-state index >= 15 is 0 Å². The van der Waals surface area contributed by atoms with Gasteiger partial charge in [-0.15, -0.1) is 0 Å². The second-order valence-electron chi connectivity index (χ2n) is 4.40. The van der Waals surface area contributed by atoms with Gasteiger partial charge in [-0.3, -0.25) is 19.8 Å². The zero-order chi connectivity index (χ0) is 14.7. The van der Waals surface area contributed by atoms with Crippen molar-refractivity contribution in [2.75, 3.05) is 11.5 Å². The van der Waals surface area contributed by atoms with Crippen molar-refractivity contribution < 1.29 is 14.4 Å². The molecule has 0 fully saturated rings. The summed E-state index contributed by atoms with van der Waals surface area (Å²) in [6.07, 6.45) is 3.71. The molecule has 0 saturated heterocycles. The number of hydrogen-bond donors (Lipinski definition) is 4. The molecule has 0 aliphatic heterocycles. The predicted molar refractivity (Wildman–Crippen MR) is 81.2 cm³/mol. The number of unbranched alkanes of at least 4 members (excludes halogenated alkanes) is 2. The summed E-state index contributed by atoms with van der Waals surface area (Å²) in [5.74, 6) is 4.84. The number of nitrogens with one attached hydrogen (secondary N) is 1. The molecule has 0 saturated carbocycles. The van der Waals surface area contributed by atoms with Gasteiger partial charge in [0.15, 0.2) is 0 Å². The first kappa shape index (κ1) is 18.5. The van der Waals surface area contributed by atoms with E-state index in [1.807, 2.05) is 0 Å². The van der Waals surface area contributed by atoms with Crippen LogP contribution < -0.4 is 11.3 Å². The lowest BCUT2D eigenvalue weighted by atomic mass is 9.95. The molecule has 1 amide bonds. The first-order valence-corrected chi connectivity index (χ1v) is 7.57. The molecule has 7 heteroatoms. The van der Waals surface area contributed by atoms with E-state index in [0.29, 0.717) is 12.8 Å². The number of carbonyl (C=O) groups is 3. The van der Waals surface area contributed by atoms with Crippen LogP contribution in [0.2, 0.25) is 0 Å². The minimum absolute atomic E-state index is 0.0674. The Kier molecular flexibility index (Phi) is 11.0. The number of carbonyl (C=O) groups excluding carboxylic acids is 3. The lowest BCUT2D eigenvalue weighted by Gasteiger charge is -2.13. The van der Waals surface area contributed by atoms with Crippen LogP contribution in [0.1, 0.15) is 38.5 Å². The molecular formula is C12H22N2O3S2. The molecule has 0 spiro atoms. The van der Waals surface area contributed by atoms with Gasteiger partial charge in [0.2, 0.25) is 5.91 Å². The Bertz CT molecular complexity index is 311. The quantitative estimate of drug-likeness (QED) is 0.150. The first-order chi connectivity index (χ1) is 9.04. The average molecular weight is 306 g/mol. The molecule has 1 unspecified atom stereocenters. The highest BCUT2D eigenvalue weighted by Gasteiger charge is 2.20. The molecule has 110 valence electrons. The molecule has 0 aliphatic carbocycles. The Labute approximate surface area is 124 Å². The van der Waals surface area contributed by atoms with Crippen molar-refractivity contribution in [3.05, 3.63) is 0 Å². The number of thiol groups is 2. The van der Waals surface area contributed by atoms with Crippen molar-refractivity contribution in [3.63, 3.8) is 0 Å². The number of ketones is 2. The third-order valence-corrected chi connectivity index (χ3v) is 3.55. The number of hydrogen-bond acceptors (Lipinski definition) is 6. The van der Waals surface area contributed by atoms with E-state index < -0.39 is 5.92 Å². The lowest BCUT2D eigenvalue weighted by molar-refractivity contribution is -0.129. The van der Waals surface area contributed by atoms with Crippen LogP contribution in [0.3, 0.4) is 0 Å². The summed E-state index contributed by atoms with van der Waals surface area (Å²) in [7, 11) is 0. The average Bonchev–Trinajstić information content (AvgIpc) is 2.43. The molecule has 0 radical (unpaired) electrons. The van der Waals surface area contributed by atoms with Crippen LogP contribution in [0.15, 0.2) is 0 Å². The number of rotatable bonds is 11. The zero-order valence-electron chi connectivity index (χ0n) is 10.9. The van der Waals surface area contributed by atoms with Crippen LogP contribution in [0.25, 0.3) is 0 Å². The normalized spacial score (nSPS) is 11.9. The highest BCUT2D eigenvalue weighted by Crippen LogP contribution is 2.15. The molecular weight excluding hydrogens is 284 g/mol. The third kappa shape index (κ3) is 9.07. The maximum absolute atomic E-state index is 11.5. The summed E-state index contributed by atoms with van der Waals surface area (Å²) in [5.41, 5.74) is 2.08. The van der Waals surface area contributed by atoms with Crippen molar-refractivity contribution in [1.29, 1.82) is 0 Å². The van der Waals surface area contributed by atoms with E-state index in [4.69, 9.17) is 5.84 Å². The van der Waals surface area contributed by atoms with Gasteiger partial charge >= 0.3 is 0 Å². The molecule has 0 bridgehead atoms. The van der Waals surface area contributed by atoms with Crippen LogP contribution in [-0.2, 0) is 14.4 Å². The minimum Gasteiger partial charge on any atom is -0.299 e. The van der Waals surface area contributed by atoms with Crippen molar-refractivity contribution in [3.8, 4) is 0 Å².